The van der Waals surface area contributed by atoms with Crippen molar-refractivity contribution in [3.63, 3.8) is 0 Å². The first-order chi connectivity index (χ1) is 7.54. The summed E-state index contributed by atoms with van der Waals surface area (Å²) < 4.78 is 0. The standard InChI is InChI=1S/C14H23NO/c1-4-12-5-7-13(8-6-12)14(3,9-10-16)11(2)15/h5-8,11,16H,4,9-10,15H2,1-3H3. The van der Waals surface area contributed by atoms with Gasteiger partial charge in [-0.1, -0.05) is 38.1 Å². The van der Waals surface area contributed by atoms with Crippen molar-refractivity contribution in [2.45, 2.75) is 45.1 Å². The highest BCUT2D eigenvalue weighted by Gasteiger charge is 2.30. The molecule has 0 amide bonds. The molecule has 2 nitrogen and oxygen atoms in total. The lowest BCUT2D eigenvalue weighted by Gasteiger charge is -2.33. The van der Waals surface area contributed by atoms with E-state index in [-0.39, 0.29) is 18.1 Å². The molecule has 0 saturated carbocycles. The van der Waals surface area contributed by atoms with Gasteiger partial charge in [-0.2, -0.15) is 0 Å². The SMILES string of the molecule is CCc1ccc(C(C)(CCO)C(C)N)cc1. The second kappa shape index (κ2) is 5.46. The third-order valence-corrected chi connectivity index (χ3v) is 3.66. The summed E-state index contributed by atoms with van der Waals surface area (Å²) in [7, 11) is 0. The molecule has 16 heavy (non-hydrogen) atoms. The number of nitrogens with two attached hydrogens (primary N) is 1. The third kappa shape index (κ3) is 2.63. The van der Waals surface area contributed by atoms with Gasteiger partial charge < -0.3 is 10.8 Å². The first kappa shape index (κ1) is 13.2. The molecule has 1 aromatic carbocycles. The van der Waals surface area contributed by atoms with Gasteiger partial charge >= 0.3 is 0 Å². The lowest BCUT2D eigenvalue weighted by molar-refractivity contribution is 0.229. The topological polar surface area (TPSA) is 46.2 Å². The van der Waals surface area contributed by atoms with E-state index in [1.807, 2.05) is 6.92 Å². The Labute approximate surface area is 98.5 Å². The predicted molar refractivity (Wildman–Crippen MR) is 68.5 cm³/mol. The maximum Gasteiger partial charge on any atom is 0.0440 e. The molecule has 2 unspecified atom stereocenters. The molecule has 1 rings (SSSR count). The van der Waals surface area contributed by atoms with Crippen molar-refractivity contribution < 1.29 is 5.11 Å². The average molecular weight is 221 g/mol. The van der Waals surface area contributed by atoms with E-state index < -0.39 is 0 Å². The first-order valence-electron chi connectivity index (χ1n) is 6.00. The summed E-state index contributed by atoms with van der Waals surface area (Å²) in [6.07, 6.45) is 1.76. The van der Waals surface area contributed by atoms with Crippen LogP contribution in [0.3, 0.4) is 0 Å². The van der Waals surface area contributed by atoms with Crippen molar-refractivity contribution >= 4 is 0 Å². The minimum absolute atomic E-state index is 0.0344. The zero-order chi connectivity index (χ0) is 12.2. The van der Waals surface area contributed by atoms with Crippen LogP contribution in [-0.2, 0) is 11.8 Å². The Balaban J connectivity index is 3.01. The molecule has 0 saturated heterocycles. The molecule has 0 aromatic heterocycles. The van der Waals surface area contributed by atoms with Crippen molar-refractivity contribution in [2.24, 2.45) is 5.73 Å². The number of hydrogen-bond acceptors (Lipinski definition) is 2. The van der Waals surface area contributed by atoms with Gasteiger partial charge in [0.05, 0.1) is 0 Å². The Hall–Kier alpha value is -0.860. The van der Waals surface area contributed by atoms with Crippen LogP contribution in [-0.4, -0.2) is 17.8 Å². The highest BCUT2D eigenvalue weighted by molar-refractivity contribution is 5.30. The van der Waals surface area contributed by atoms with Crippen molar-refractivity contribution in [1.82, 2.24) is 0 Å². The molecule has 2 atom stereocenters. The van der Waals surface area contributed by atoms with E-state index >= 15 is 0 Å². The second-order valence-corrected chi connectivity index (χ2v) is 4.73. The van der Waals surface area contributed by atoms with Crippen molar-refractivity contribution in [3.8, 4) is 0 Å². The Morgan fingerprint density at radius 1 is 1.31 bits per heavy atom. The number of benzene rings is 1. The fourth-order valence-electron chi connectivity index (χ4n) is 1.99. The fraction of sp³-hybridized carbons (Fsp3) is 0.571. The zero-order valence-electron chi connectivity index (χ0n) is 10.5. The van der Waals surface area contributed by atoms with Gasteiger partial charge in [-0.05, 0) is 30.9 Å². The Kier molecular flexibility index (Phi) is 4.51. The lowest BCUT2D eigenvalue weighted by atomic mass is 9.74. The largest absolute Gasteiger partial charge is 0.396 e. The van der Waals surface area contributed by atoms with Crippen LogP contribution < -0.4 is 5.73 Å². The molecule has 3 N–H and O–H groups in total. The van der Waals surface area contributed by atoms with Gasteiger partial charge in [0.1, 0.15) is 0 Å². The van der Waals surface area contributed by atoms with E-state index in [4.69, 9.17) is 10.8 Å². The summed E-state index contributed by atoms with van der Waals surface area (Å²) in [4.78, 5) is 0. The molecular weight excluding hydrogens is 198 g/mol. The van der Waals surface area contributed by atoms with E-state index in [2.05, 4.69) is 38.1 Å². The van der Waals surface area contributed by atoms with Crippen LogP contribution in [0, 0.1) is 0 Å². The van der Waals surface area contributed by atoms with Gasteiger partial charge in [0.25, 0.3) is 0 Å². The van der Waals surface area contributed by atoms with E-state index in [1.165, 1.54) is 11.1 Å². The maximum atomic E-state index is 9.16. The second-order valence-electron chi connectivity index (χ2n) is 4.73. The monoisotopic (exact) mass is 221 g/mol. The van der Waals surface area contributed by atoms with Crippen molar-refractivity contribution in [2.75, 3.05) is 6.61 Å². The number of aryl methyl sites for hydroxylation is 1. The van der Waals surface area contributed by atoms with E-state index in [9.17, 15) is 0 Å². The van der Waals surface area contributed by atoms with Gasteiger partial charge in [0, 0.05) is 18.1 Å². The first-order valence-corrected chi connectivity index (χ1v) is 6.00. The van der Waals surface area contributed by atoms with Gasteiger partial charge in [-0.3, -0.25) is 0 Å². The fourth-order valence-corrected chi connectivity index (χ4v) is 1.99. The number of hydrogen-bond donors (Lipinski definition) is 2. The highest BCUT2D eigenvalue weighted by Crippen LogP contribution is 2.30. The maximum absolute atomic E-state index is 9.16. The quantitative estimate of drug-likeness (QED) is 0.801. The Bertz CT molecular complexity index is 318. The molecule has 0 aliphatic carbocycles. The van der Waals surface area contributed by atoms with Crippen molar-refractivity contribution in [3.05, 3.63) is 35.4 Å². The van der Waals surface area contributed by atoms with Crippen LogP contribution in [0.15, 0.2) is 24.3 Å². The summed E-state index contributed by atoms with van der Waals surface area (Å²) >= 11 is 0. The molecule has 90 valence electrons. The van der Waals surface area contributed by atoms with Crippen LogP contribution in [0.2, 0.25) is 0 Å². The molecule has 0 aliphatic heterocycles. The van der Waals surface area contributed by atoms with Crippen LogP contribution in [0.5, 0.6) is 0 Å². The summed E-state index contributed by atoms with van der Waals surface area (Å²) in [6, 6.07) is 8.60. The zero-order valence-corrected chi connectivity index (χ0v) is 10.5. The smallest absolute Gasteiger partial charge is 0.0440 e. The predicted octanol–water partition coefficient (Wildman–Crippen LogP) is 2.24. The van der Waals surface area contributed by atoms with Gasteiger partial charge in [0.2, 0.25) is 0 Å². The normalized spacial score (nSPS) is 16.8. The highest BCUT2D eigenvalue weighted by atomic mass is 16.3. The van der Waals surface area contributed by atoms with Crippen LogP contribution in [0.25, 0.3) is 0 Å². The van der Waals surface area contributed by atoms with Gasteiger partial charge in [-0.25, -0.2) is 0 Å². The third-order valence-electron chi connectivity index (χ3n) is 3.66. The van der Waals surface area contributed by atoms with Crippen LogP contribution in [0.1, 0.15) is 38.3 Å². The molecule has 0 aliphatic rings. The lowest BCUT2D eigenvalue weighted by Crippen LogP contribution is -2.41. The van der Waals surface area contributed by atoms with Crippen LogP contribution in [0.4, 0.5) is 0 Å². The molecule has 0 radical (unpaired) electrons. The summed E-state index contributed by atoms with van der Waals surface area (Å²) in [5, 5.41) is 9.16. The van der Waals surface area contributed by atoms with E-state index in [0.717, 1.165) is 6.42 Å². The molecule has 0 fully saturated rings. The molecular formula is C14H23NO. The Morgan fingerprint density at radius 3 is 2.25 bits per heavy atom. The molecule has 1 aromatic rings. The van der Waals surface area contributed by atoms with Crippen LogP contribution >= 0.6 is 0 Å². The average Bonchev–Trinajstić information content (AvgIpc) is 2.29. The minimum Gasteiger partial charge on any atom is -0.396 e. The molecule has 0 heterocycles. The number of rotatable bonds is 5. The molecule has 0 bridgehead atoms. The van der Waals surface area contributed by atoms with E-state index in [1.54, 1.807) is 0 Å². The summed E-state index contributed by atoms with van der Waals surface area (Å²) in [5.74, 6) is 0. The van der Waals surface area contributed by atoms with Gasteiger partial charge in [0.15, 0.2) is 0 Å². The number of aliphatic hydroxyl groups is 1. The summed E-state index contributed by atoms with van der Waals surface area (Å²) in [6.45, 7) is 6.44. The van der Waals surface area contributed by atoms with Gasteiger partial charge in [-0.15, -0.1) is 0 Å². The summed E-state index contributed by atoms with van der Waals surface area (Å²) in [5.41, 5.74) is 8.46. The minimum atomic E-state index is -0.138. The number of aliphatic hydroxyl groups excluding tert-OH is 1. The Morgan fingerprint density at radius 2 is 1.88 bits per heavy atom. The molecule has 0 spiro atoms. The van der Waals surface area contributed by atoms with Crippen molar-refractivity contribution in [1.29, 1.82) is 0 Å². The molecule has 2 heteroatoms. The van der Waals surface area contributed by atoms with E-state index in [0.29, 0.717) is 6.42 Å².